The number of methoxy groups -OCH3 is 1. The van der Waals surface area contributed by atoms with Gasteiger partial charge in [-0.2, -0.15) is 0 Å². The second kappa shape index (κ2) is 7.77. The summed E-state index contributed by atoms with van der Waals surface area (Å²) in [7, 11) is 1.23. The molecule has 8 nitrogen and oxygen atoms in total. The zero-order valence-corrected chi connectivity index (χ0v) is 14.3. The Hall–Kier alpha value is -2.22. The smallest absolute Gasteiger partial charge is 0.339 e. The van der Waals surface area contributed by atoms with Crippen LogP contribution in [0.5, 0.6) is 0 Å². The Bertz CT molecular complexity index is 637. The molecular weight excluding hydrogens is 326 g/mol. The Morgan fingerprint density at radius 2 is 1.88 bits per heavy atom. The number of pyridine rings is 1. The number of ether oxygens (including phenoxy) is 2. The minimum atomic E-state index is -0.633. The average molecular weight is 349 g/mol. The lowest BCUT2D eigenvalue weighted by molar-refractivity contribution is -0.384. The number of carbonyl (C=O) groups is 1. The van der Waals surface area contributed by atoms with Crippen molar-refractivity contribution in [3.05, 3.63) is 27.9 Å². The van der Waals surface area contributed by atoms with Crippen molar-refractivity contribution in [2.45, 2.75) is 50.7 Å². The predicted molar refractivity (Wildman–Crippen MR) is 90.8 cm³/mol. The maximum Gasteiger partial charge on any atom is 0.339 e. The summed E-state index contributed by atoms with van der Waals surface area (Å²) < 4.78 is 10.7. The molecule has 0 unspecified atom stereocenters. The van der Waals surface area contributed by atoms with Crippen LogP contribution in [0.1, 0.15) is 48.9 Å². The number of hydrogen-bond acceptors (Lipinski definition) is 7. The molecule has 0 aromatic carbocycles. The van der Waals surface area contributed by atoms with E-state index in [-0.39, 0.29) is 17.4 Å². The van der Waals surface area contributed by atoms with Crippen LogP contribution in [0, 0.1) is 10.1 Å². The number of esters is 1. The van der Waals surface area contributed by atoms with Crippen molar-refractivity contribution in [1.82, 2.24) is 4.98 Å². The molecule has 2 heterocycles. The van der Waals surface area contributed by atoms with Crippen molar-refractivity contribution in [2.24, 2.45) is 0 Å². The molecule has 136 valence electrons. The van der Waals surface area contributed by atoms with E-state index in [1.54, 1.807) is 0 Å². The van der Waals surface area contributed by atoms with Crippen LogP contribution in [0.3, 0.4) is 0 Å². The Morgan fingerprint density at radius 1 is 1.24 bits per heavy atom. The molecule has 1 aromatic heterocycles. The second-order valence-electron chi connectivity index (χ2n) is 6.54. The highest BCUT2D eigenvalue weighted by Gasteiger charge is 2.29. The van der Waals surface area contributed by atoms with Gasteiger partial charge in [0.25, 0.3) is 0 Å². The summed E-state index contributed by atoms with van der Waals surface area (Å²) in [6.07, 6.45) is 8.34. The molecule has 0 amide bonds. The van der Waals surface area contributed by atoms with Gasteiger partial charge in [-0.15, -0.1) is 0 Å². The number of hydrogen-bond donors (Lipinski definition) is 0. The highest BCUT2D eigenvalue weighted by Crippen LogP contribution is 2.31. The highest BCUT2D eigenvalue weighted by molar-refractivity contribution is 5.90. The van der Waals surface area contributed by atoms with Crippen LogP contribution < -0.4 is 4.90 Å². The van der Waals surface area contributed by atoms with Crippen LogP contribution in [0.2, 0.25) is 0 Å². The zero-order valence-electron chi connectivity index (χ0n) is 14.3. The van der Waals surface area contributed by atoms with Crippen molar-refractivity contribution in [3.8, 4) is 0 Å². The summed E-state index contributed by atoms with van der Waals surface area (Å²) in [5, 5.41) is 11.4. The summed E-state index contributed by atoms with van der Waals surface area (Å²) in [6.45, 7) is 1.31. The molecule has 0 N–H and O–H groups in total. The molecular formula is C17H23N3O5. The largest absolute Gasteiger partial charge is 0.465 e. The van der Waals surface area contributed by atoms with Crippen LogP contribution >= 0.6 is 0 Å². The summed E-state index contributed by atoms with van der Waals surface area (Å²) in [6, 6.07) is 1.23. The fourth-order valence-corrected chi connectivity index (χ4v) is 3.55. The van der Waals surface area contributed by atoms with Gasteiger partial charge in [-0.25, -0.2) is 9.78 Å². The van der Waals surface area contributed by atoms with Crippen molar-refractivity contribution in [3.63, 3.8) is 0 Å². The molecule has 0 bridgehead atoms. The third-order valence-corrected chi connectivity index (χ3v) is 4.89. The Morgan fingerprint density at radius 3 is 2.48 bits per heavy atom. The number of nitro groups is 1. The minimum absolute atomic E-state index is 0.0809. The minimum Gasteiger partial charge on any atom is -0.465 e. The van der Waals surface area contributed by atoms with Gasteiger partial charge in [0.05, 0.1) is 29.8 Å². The molecule has 0 atom stereocenters. The molecule has 2 aliphatic rings. The lowest BCUT2D eigenvalue weighted by Gasteiger charge is -2.33. The lowest BCUT2D eigenvalue weighted by Crippen LogP contribution is -2.39. The SMILES string of the molecule is COC(=O)c1cnc(N2CCC(OC3CCCC3)CC2)c([N+](=O)[O-])c1. The summed E-state index contributed by atoms with van der Waals surface area (Å²) in [5.74, 6) is -0.331. The Kier molecular flexibility index (Phi) is 5.47. The van der Waals surface area contributed by atoms with Gasteiger partial charge in [0.15, 0.2) is 0 Å². The number of piperidine rings is 1. The van der Waals surface area contributed by atoms with E-state index >= 15 is 0 Å². The monoisotopic (exact) mass is 349 g/mol. The van der Waals surface area contributed by atoms with Crippen LogP contribution in [-0.2, 0) is 9.47 Å². The van der Waals surface area contributed by atoms with Crippen LogP contribution in [0.15, 0.2) is 12.3 Å². The van der Waals surface area contributed by atoms with E-state index in [4.69, 9.17) is 4.74 Å². The summed E-state index contributed by atoms with van der Waals surface area (Å²) in [4.78, 5) is 28.5. The zero-order chi connectivity index (χ0) is 17.8. The normalized spacial score (nSPS) is 19.2. The van der Waals surface area contributed by atoms with Crippen LogP contribution in [0.25, 0.3) is 0 Å². The Labute approximate surface area is 146 Å². The first kappa shape index (κ1) is 17.6. The topological polar surface area (TPSA) is 94.8 Å². The maximum atomic E-state index is 11.6. The van der Waals surface area contributed by atoms with Crippen LogP contribution in [-0.4, -0.2) is 48.3 Å². The van der Waals surface area contributed by atoms with Crippen molar-refractivity contribution in [2.75, 3.05) is 25.1 Å². The first-order chi connectivity index (χ1) is 12.1. The van der Waals surface area contributed by atoms with Gasteiger partial charge in [0.2, 0.25) is 5.82 Å². The molecule has 3 rings (SSSR count). The highest BCUT2D eigenvalue weighted by atomic mass is 16.6. The van der Waals surface area contributed by atoms with Gasteiger partial charge in [-0.05, 0) is 25.7 Å². The molecule has 1 aromatic rings. The molecule has 25 heavy (non-hydrogen) atoms. The van der Waals surface area contributed by atoms with Gasteiger partial charge in [-0.3, -0.25) is 10.1 Å². The van der Waals surface area contributed by atoms with E-state index in [0.29, 0.717) is 25.0 Å². The maximum absolute atomic E-state index is 11.6. The van der Waals surface area contributed by atoms with E-state index < -0.39 is 10.9 Å². The third kappa shape index (κ3) is 4.07. The summed E-state index contributed by atoms with van der Waals surface area (Å²) in [5.41, 5.74) is -0.0875. The Balaban J connectivity index is 1.67. The second-order valence-corrected chi connectivity index (χ2v) is 6.54. The van der Waals surface area contributed by atoms with E-state index in [1.807, 2.05) is 4.90 Å². The predicted octanol–water partition coefficient (Wildman–Crippen LogP) is 2.70. The number of aromatic nitrogens is 1. The number of anilines is 1. The summed E-state index contributed by atoms with van der Waals surface area (Å²) >= 11 is 0. The van der Waals surface area contributed by atoms with E-state index in [9.17, 15) is 14.9 Å². The number of carbonyl (C=O) groups excluding carboxylic acids is 1. The molecule has 0 spiro atoms. The van der Waals surface area contributed by atoms with Crippen molar-refractivity contribution in [1.29, 1.82) is 0 Å². The van der Waals surface area contributed by atoms with Crippen molar-refractivity contribution >= 4 is 17.5 Å². The first-order valence-electron chi connectivity index (χ1n) is 8.71. The fraction of sp³-hybridized carbons (Fsp3) is 0.647. The first-order valence-corrected chi connectivity index (χ1v) is 8.71. The average Bonchev–Trinajstić information content (AvgIpc) is 3.14. The van der Waals surface area contributed by atoms with E-state index in [2.05, 4.69) is 9.72 Å². The fourth-order valence-electron chi connectivity index (χ4n) is 3.55. The third-order valence-electron chi connectivity index (χ3n) is 4.89. The van der Waals surface area contributed by atoms with E-state index in [0.717, 1.165) is 25.7 Å². The van der Waals surface area contributed by atoms with Gasteiger partial charge < -0.3 is 14.4 Å². The lowest BCUT2D eigenvalue weighted by atomic mass is 10.1. The van der Waals surface area contributed by atoms with E-state index in [1.165, 1.54) is 32.2 Å². The molecule has 1 aliphatic heterocycles. The quantitative estimate of drug-likeness (QED) is 0.458. The molecule has 1 aliphatic carbocycles. The molecule has 1 saturated heterocycles. The van der Waals surface area contributed by atoms with Gasteiger partial charge >= 0.3 is 11.7 Å². The molecule has 8 heteroatoms. The van der Waals surface area contributed by atoms with Gasteiger partial charge in [-0.1, -0.05) is 12.8 Å². The van der Waals surface area contributed by atoms with Gasteiger partial charge in [0.1, 0.15) is 0 Å². The number of nitrogens with zero attached hydrogens (tertiary/aromatic N) is 3. The van der Waals surface area contributed by atoms with Crippen LogP contribution in [0.4, 0.5) is 11.5 Å². The molecule has 1 saturated carbocycles. The van der Waals surface area contributed by atoms with Gasteiger partial charge in [0, 0.05) is 25.4 Å². The molecule has 2 fully saturated rings. The van der Waals surface area contributed by atoms with Crippen molar-refractivity contribution < 1.29 is 19.2 Å². The number of rotatable bonds is 5. The molecule has 0 radical (unpaired) electrons. The standard InChI is InChI=1S/C17H23N3O5/c1-24-17(21)12-10-15(20(22)23)16(18-11-12)19-8-6-14(7-9-19)25-13-4-2-3-5-13/h10-11,13-14H,2-9H2,1H3.